The van der Waals surface area contributed by atoms with Crippen LogP contribution in [0.1, 0.15) is 69.4 Å². The smallest absolute Gasteiger partial charge is 0.275 e. The number of ether oxygens (including phenoxy) is 1. The molecule has 1 fully saturated rings. The Hall–Kier alpha value is -3.75. The Bertz CT molecular complexity index is 1190. The Morgan fingerprint density at radius 2 is 2.06 bits per heavy atom. The molecule has 1 aliphatic rings. The minimum Gasteiger partial charge on any atom is -0.495 e. The number of H-pyrrole nitrogens is 1. The van der Waals surface area contributed by atoms with Gasteiger partial charge >= 0.3 is 0 Å². The first-order valence-corrected chi connectivity index (χ1v) is 11.1. The van der Waals surface area contributed by atoms with Crippen LogP contribution in [0.3, 0.4) is 0 Å². The average molecular weight is 449 g/mol. The Morgan fingerprint density at radius 1 is 1.27 bits per heavy atom. The van der Waals surface area contributed by atoms with Crippen LogP contribution in [0.25, 0.3) is 0 Å². The predicted molar refractivity (Wildman–Crippen MR) is 123 cm³/mol. The van der Waals surface area contributed by atoms with Gasteiger partial charge in [-0.25, -0.2) is 9.97 Å². The molecule has 0 spiro atoms. The van der Waals surface area contributed by atoms with Crippen LogP contribution in [-0.4, -0.2) is 50.5 Å². The summed E-state index contributed by atoms with van der Waals surface area (Å²) in [6, 6.07) is 6.95. The van der Waals surface area contributed by atoms with Gasteiger partial charge in [0.1, 0.15) is 5.75 Å². The molecule has 172 valence electrons. The molecule has 9 heteroatoms. The van der Waals surface area contributed by atoms with E-state index in [0.29, 0.717) is 40.8 Å². The fourth-order valence-electron chi connectivity index (χ4n) is 4.21. The van der Waals surface area contributed by atoms with E-state index in [0.717, 1.165) is 30.5 Å². The van der Waals surface area contributed by atoms with Crippen LogP contribution in [0.5, 0.6) is 5.75 Å². The summed E-state index contributed by atoms with van der Waals surface area (Å²) < 4.78 is 5.30. The van der Waals surface area contributed by atoms with E-state index in [1.165, 1.54) is 6.20 Å². The Kier molecular flexibility index (Phi) is 6.39. The topological polar surface area (TPSA) is 113 Å². The summed E-state index contributed by atoms with van der Waals surface area (Å²) in [5.74, 6) is 0.671. The number of rotatable bonds is 6. The predicted octanol–water partition coefficient (Wildman–Crippen LogP) is 3.62. The molecule has 3 heterocycles. The number of methoxy groups -OCH3 is 1. The van der Waals surface area contributed by atoms with Gasteiger partial charge in [-0.05, 0) is 45.2 Å². The molecular formula is C24H28N6O3. The number of amides is 2. The molecule has 1 aliphatic heterocycles. The normalized spacial score (nSPS) is 15.5. The van der Waals surface area contributed by atoms with Gasteiger partial charge in [0.25, 0.3) is 11.8 Å². The van der Waals surface area contributed by atoms with E-state index in [1.54, 1.807) is 31.1 Å². The van der Waals surface area contributed by atoms with Crippen molar-refractivity contribution in [3.8, 4) is 5.75 Å². The number of benzene rings is 1. The van der Waals surface area contributed by atoms with Crippen LogP contribution in [0, 0.1) is 13.8 Å². The van der Waals surface area contributed by atoms with Gasteiger partial charge in [0.15, 0.2) is 11.5 Å². The highest BCUT2D eigenvalue weighted by Gasteiger charge is 2.34. The molecule has 0 aliphatic carbocycles. The van der Waals surface area contributed by atoms with Crippen molar-refractivity contribution < 1.29 is 14.3 Å². The van der Waals surface area contributed by atoms with Crippen LogP contribution in [-0.2, 0) is 6.42 Å². The molecule has 1 atom stereocenters. The van der Waals surface area contributed by atoms with Gasteiger partial charge in [-0.3, -0.25) is 14.7 Å². The lowest BCUT2D eigenvalue weighted by Gasteiger charge is -2.23. The number of anilines is 1. The third-order valence-corrected chi connectivity index (χ3v) is 6.08. The van der Waals surface area contributed by atoms with Crippen molar-refractivity contribution in [3.05, 3.63) is 64.5 Å². The van der Waals surface area contributed by atoms with E-state index < -0.39 is 0 Å². The van der Waals surface area contributed by atoms with Gasteiger partial charge in [0, 0.05) is 24.0 Å². The highest BCUT2D eigenvalue weighted by molar-refractivity contribution is 6.05. The first-order valence-electron chi connectivity index (χ1n) is 11.1. The number of likely N-dealkylation sites (tertiary alicyclic amines) is 1. The number of aryl methyl sites for hydroxylation is 2. The van der Waals surface area contributed by atoms with E-state index in [9.17, 15) is 9.59 Å². The number of carbonyl (C=O) groups is 2. The third-order valence-electron chi connectivity index (χ3n) is 6.08. The second-order valence-corrected chi connectivity index (χ2v) is 8.07. The van der Waals surface area contributed by atoms with Gasteiger partial charge < -0.3 is 15.0 Å². The number of hydrogen-bond donors (Lipinski definition) is 2. The fourth-order valence-corrected chi connectivity index (χ4v) is 4.21. The summed E-state index contributed by atoms with van der Waals surface area (Å²) in [5.41, 5.74) is 3.79. The van der Waals surface area contributed by atoms with Crippen LogP contribution in [0.2, 0.25) is 0 Å². The van der Waals surface area contributed by atoms with Crippen LogP contribution < -0.4 is 10.1 Å². The summed E-state index contributed by atoms with van der Waals surface area (Å²) in [7, 11) is 1.55. The maximum absolute atomic E-state index is 13.2. The van der Waals surface area contributed by atoms with E-state index in [2.05, 4.69) is 25.5 Å². The third kappa shape index (κ3) is 4.30. The largest absolute Gasteiger partial charge is 0.495 e. The number of aromatic amines is 1. The zero-order chi connectivity index (χ0) is 23.5. The fraction of sp³-hybridized carbons (Fsp3) is 0.375. The highest BCUT2D eigenvalue weighted by atomic mass is 16.5. The molecule has 1 unspecified atom stereocenters. The highest BCUT2D eigenvalue weighted by Crippen LogP contribution is 2.32. The van der Waals surface area contributed by atoms with Crippen molar-refractivity contribution >= 4 is 17.5 Å². The average Bonchev–Trinajstić information content (AvgIpc) is 3.45. The zero-order valence-corrected chi connectivity index (χ0v) is 19.3. The van der Waals surface area contributed by atoms with Gasteiger partial charge in [-0.1, -0.05) is 19.1 Å². The summed E-state index contributed by atoms with van der Waals surface area (Å²) in [6.45, 7) is 6.33. The van der Waals surface area contributed by atoms with Crippen molar-refractivity contribution in [2.24, 2.45) is 0 Å². The van der Waals surface area contributed by atoms with Gasteiger partial charge in [0.2, 0.25) is 0 Å². The summed E-state index contributed by atoms with van der Waals surface area (Å²) >= 11 is 0. The molecule has 33 heavy (non-hydrogen) atoms. The number of nitrogens with one attached hydrogen (secondary N) is 2. The quantitative estimate of drug-likeness (QED) is 0.596. The lowest BCUT2D eigenvalue weighted by molar-refractivity contribution is 0.0722. The van der Waals surface area contributed by atoms with E-state index in [-0.39, 0.29) is 17.9 Å². The number of para-hydroxylation sites is 2. The molecule has 2 N–H and O–H groups in total. The maximum atomic E-state index is 13.2. The van der Waals surface area contributed by atoms with Crippen molar-refractivity contribution in [3.63, 3.8) is 0 Å². The molecule has 2 amide bonds. The minimum atomic E-state index is -0.317. The van der Waals surface area contributed by atoms with Crippen molar-refractivity contribution in [2.45, 2.75) is 46.1 Å². The van der Waals surface area contributed by atoms with E-state index in [1.807, 2.05) is 26.0 Å². The molecule has 1 saturated heterocycles. The molecular weight excluding hydrogens is 420 g/mol. The summed E-state index contributed by atoms with van der Waals surface area (Å²) in [4.78, 5) is 36.9. The number of aromatic nitrogens is 4. The standard InChI is InChI=1S/C24H28N6O3/c1-5-17-14(2)21(29-28-17)24(32)30-12-8-10-19(30)22-25-13-16(15(3)26-22)23(31)27-18-9-6-7-11-20(18)33-4/h6-7,9,11,13,19H,5,8,10,12H2,1-4H3,(H,27,31)(H,28,29). The van der Waals surface area contributed by atoms with Crippen LogP contribution >= 0.6 is 0 Å². The van der Waals surface area contributed by atoms with Crippen molar-refractivity contribution in [1.29, 1.82) is 0 Å². The van der Waals surface area contributed by atoms with Gasteiger partial charge in [-0.2, -0.15) is 5.10 Å². The SMILES string of the molecule is CCc1[nH]nc(C(=O)N2CCCC2c2ncc(C(=O)Nc3ccccc3OC)c(C)n2)c1C. The van der Waals surface area contributed by atoms with Crippen LogP contribution in [0.4, 0.5) is 5.69 Å². The second kappa shape index (κ2) is 9.40. The lowest BCUT2D eigenvalue weighted by atomic mass is 10.1. The number of carbonyl (C=O) groups excluding carboxylic acids is 2. The number of nitrogens with zero attached hydrogens (tertiary/aromatic N) is 4. The maximum Gasteiger partial charge on any atom is 0.275 e. The molecule has 1 aromatic carbocycles. The second-order valence-electron chi connectivity index (χ2n) is 8.07. The molecule has 2 aromatic heterocycles. The monoisotopic (exact) mass is 448 g/mol. The van der Waals surface area contributed by atoms with E-state index in [4.69, 9.17) is 4.74 Å². The minimum absolute atomic E-state index is 0.120. The van der Waals surface area contributed by atoms with E-state index >= 15 is 0 Å². The first-order chi connectivity index (χ1) is 15.9. The Balaban J connectivity index is 1.55. The number of hydrogen-bond acceptors (Lipinski definition) is 6. The lowest BCUT2D eigenvalue weighted by Crippen LogP contribution is -2.32. The molecule has 0 saturated carbocycles. The molecule has 3 aromatic rings. The summed E-state index contributed by atoms with van der Waals surface area (Å²) in [5, 5.41) is 10.1. The van der Waals surface area contributed by atoms with Crippen molar-refractivity contribution in [1.82, 2.24) is 25.1 Å². The zero-order valence-electron chi connectivity index (χ0n) is 19.3. The van der Waals surface area contributed by atoms with Crippen molar-refractivity contribution in [2.75, 3.05) is 19.0 Å². The molecule has 0 radical (unpaired) electrons. The molecule has 4 rings (SSSR count). The molecule has 0 bridgehead atoms. The van der Waals surface area contributed by atoms with Gasteiger partial charge in [0.05, 0.1) is 30.1 Å². The summed E-state index contributed by atoms with van der Waals surface area (Å²) in [6.07, 6.45) is 3.94. The van der Waals surface area contributed by atoms with Gasteiger partial charge in [-0.15, -0.1) is 0 Å². The Labute approximate surface area is 192 Å². The van der Waals surface area contributed by atoms with Crippen LogP contribution in [0.15, 0.2) is 30.5 Å². The Morgan fingerprint density at radius 3 is 2.76 bits per heavy atom. The first kappa shape index (κ1) is 22.4. The molecule has 9 nitrogen and oxygen atoms in total.